The van der Waals surface area contributed by atoms with Crippen LogP contribution in [-0.4, -0.2) is 92.1 Å². The first-order chi connectivity index (χ1) is 30.6. The number of esters is 4. The largest absolute Gasteiger partial charge is 0.497 e. The van der Waals surface area contributed by atoms with Crippen LogP contribution < -0.4 is 0 Å². The molecule has 354 valence electrons. The molecule has 0 bridgehead atoms. The number of hydrogen-bond donors (Lipinski definition) is 4. The number of halogens is 4. The molecule has 22 heteroatoms. The van der Waals surface area contributed by atoms with Crippen LogP contribution in [0.2, 0.25) is 0 Å². The Morgan fingerprint density at radius 2 is 0.530 bits per heavy atom. The van der Waals surface area contributed by atoms with Gasteiger partial charge in [-0.15, -0.1) is 0 Å². The quantitative estimate of drug-likeness (QED) is 0.0523. The zero-order chi connectivity index (χ0) is 46.2. The molecule has 0 fully saturated rings. The van der Waals surface area contributed by atoms with Gasteiger partial charge in [-0.25, -0.2) is 56.7 Å². The molecule has 4 N–H and O–H groups in total. The van der Waals surface area contributed by atoms with Crippen LogP contribution in [0, 0.1) is 23.3 Å². The summed E-state index contributed by atoms with van der Waals surface area (Å²) in [6.45, 7) is 0.357. The molecule has 0 unspecified atom stereocenters. The molecule has 0 amide bonds. The van der Waals surface area contributed by atoms with Crippen LogP contribution >= 0.6 is 0 Å². The first-order valence-electron chi connectivity index (χ1n) is 19.3. The summed E-state index contributed by atoms with van der Waals surface area (Å²) in [5.41, 5.74) is 2.84. The molecule has 4 atom stereocenters. The molecule has 66 heavy (non-hydrogen) atoms. The normalized spacial score (nSPS) is 18.0. The number of benzene rings is 4. The van der Waals surface area contributed by atoms with Crippen LogP contribution in [0.1, 0.15) is 47.9 Å². The number of carbonyl (C=O) groups excluding carboxylic acids is 4. The van der Waals surface area contributed by atoms with E-state index >= 15 is 0 Å². The molecule has 0 aliphatic carbocycles. The number of aliphatic hydroxyl groups is 4. The van der Waals surface area contributed by atoms with E-state index in [1.165, 1.54) is 48.5 Å². The Kier molecular flexibility index (Phi) is 21.7. The van der Waals surface area contributed by atoms with Crippen molar-refractivity contribution in [2.24, 2.45) is 20.0 Å². The number of aliphatic imine (C=N–C) groups is 4. The number of aliphatic hydroxyl groups excluding tert-OH is 4. The molecule has 0 aromatic heterocycles. The second-order valence-electron chi connectivity index (χ2n) is 14.0. The predicted molar refractivity (Wildman–Crippen MR) is 219 cm³/mol. The van der Waals surface area contributed by atoms with Gasteiger partial charge in [0.2, 0.25) is 0 Å². The molecule has 4 aromatic rings. The number of rotatable bonds is 12. The minimum absolute atomic E-state index is 0. The molecule has 0 spiro atoms. The van der Waals surface area contributed by atoms with E-state index < -0.39 is 48.0 Å². The minimum atomic E-state index is -0.583. The average Bonchev–Trinajstić information content (AvgIpc) is 3.24. The summed E-state index contributed by atoms with van der Waals surface area (Å²) in [4.78, 5) is 59.5. The van der Waals surface area contributed by atoms with E-state index in [0.717, 1.165) is 0 Å². The molecule has 8 rings (SSSR count). The van der Waals surface area contributed by atoms with Gasteiger partial charge in [-0.1, -0.05) is 48.5 Å². The van der Waals surface area contributed by atoms with E-state index in [9.17, 15) is 36.7 Å². The van der Waals surface area contributed by atoms with Crippen LogP contribution in [0.3, 0.4) is 0 Å². The van der Waals surface area contributed by atoms with Crippen LogP contribution in [-0.2, 0) is 104 Å². The maximum absolute atomic E-state index is 12.6. The topological polar surface area (TPSA) is 236 Å². The van der Waals surface area contributed by atoms with Crippen molar-refractivity contribution in [3.8, 4) is 0 Å². The average molecular weight is 1100 g/mol. The van der Waals surface area contributed by atoms with Gasteiger partial charge in [0.25, 0.3) is 0 Å². The van der Waals surface area contributed by atoms with Gasteiger partial charge in [-0.05, 0) is 70.8 Å². The third-order valence-electron chi connectivity index (χ3n) is 8.99. The van der Waals surface area contributed by atoms with E-state index in [1.54, 1.807) is 48.5 Å². The zero-order valence-corrected chi connectivity index (χ0v) is 37.5. The Labute approximate surface area is 399 Å². The van der Waals surface area contributed by atoms with Crippen molar-refractivity contribution in [3.63, 3.8) is 0 Å². The SMILES string of the molecule is O=C(OCc1ccc(F)cc1)[C@@H]1CC(O)=N1.O=C(OCc1ccc(F)cc1)[C@@H]1CC(O)=N1.O=C(OCc1ccc(F)cc1)[C@@H]1CC(O)=N1.O=C(OCc1ccc(F)cc1)[C@@H]1CC(O)=N1.[Rh].[Rh]. The number of nitrogens with zero attached hydrogens (tertiary/aromatic N) is 4. The van der Waals surface area contributed by atoms with Crippen molar-refractivity contribution in [3.05, 3.63) is 143 Å². The van der Waals surface area contributed by atoms with Crippen LogP contribution in [0.15, 0.2) is 117 Å². The standard InChI is InChI=1S/4C11H10FNO3.2Rh/c4*12-8-3-1-7(2-4-8)6-16-11(15)9-5-10(14)13-9;;/h4*1-4,9H,5-6H2,(H,13,14);;/t4*9-;;/m0000../s1. The fourth-order valence-electron chi connectivity index (χ4n) is 5.22. The minimum Gasteiger partial charge on any atom is -0.497 e. The molecule has 0 saturated carbocycles. The third-order valence-corrected chi connectivity index (χ3v) is 8.99. The van der Waals surface area contributed by atoms with Crippen molar-refractivity contribution in [2.75, 3.05) is 0 Å². The van der Waals surface area contributed by atoms with Crippen molar-refractivity contribution in [2.45, 2.75) is 76.3 Å². The number of ether oxygens (including phenoxy) is 4. The second-order valence-corrected chi connectivity index (χ2v) is 14.0. The molecular formula is C44H40F4N4O12Rh2. The van der Waals surface area contributed by atoms with Gasteiger partial charge in [0, 0.05) is 39.0 Å². The van der Waals surface area contributed by atoms with Crippen LogP contribution in [0.25, 0.3) is 0 Å². The Hall–Kier alpha value is -6.39. The molecule has 4 aliphatic heterocycles. The maximum Gasteiger partial charge on any atom is 0.331 e. The molecular weight excluding hydrogens is 1060 g/mol. The second kappa shape index (κ2) is 26.5. The van der Waals surface area contributed by atoms with Gasteiger partial charge in [0.1, 0.15) is 49.7 Å². The van der Waals surface area contributed by atoms with Gasteiger partial charge in [0.15, 0.2) is 47.8 Å². The van der Waals surface area contributed by atoms with Crippen molar-refractivity contribution < 1.29 is 115 Å². The Balaban J connectivity index is 0.000000231. The first kappa shape index (κ1) is 53.9. The number of hydrogen-bond acceptors (Lipinski definition) is 12. The van der Waals surface area contributed by atoms with E-state index in [0.29, 0.717) is 22.3 Å². The van der Waals surface area contributed by atoms with E-state index in [1.807, 2.05) is 0 Å². The van der Waals surface area contributed by atoms with Gasteiger partial charge in [-0.2, -0.15) is 0 Å². The van der Waals surface area contributed by atoms with Gasteiger partial charge in [-0.3, -0.25) is 0 Å². The maximum atomic E-state index is 12.6. The Morgan fingerprint density at radius 3 is 0.667 bits per heavy atom. The summed E-state index contributed by atoms with van der Waals surface area (Å²) in [6, 6.07) is 20.5. The Morgan fingerprint density at radius 1 is 0.379 bits per heavy atom. The first-order valence-corrected chi connectivity index (χ1v) is 19.3. The summed E-state index contributed by atoms with van der Waals surface area (Å²) >= 11 is 0. The molecule has 4 heterocycles. The van der Waals surface area contributed by atoms with E-state index in [2.05, 4.69) is 20.0 Å². The van der Waals surface area contributed by atoms with Gasteiger partial charge in [0.05, 0.1) is 25.7 Å². The molecule has 2 radical (unpaired) electrons. The predicted octanol–water partition coefficient (Wildman–Crippen LogP) is 6.39. The number of carbonyl (C=O) groups is 4. The summed E-state index contributed by atoms with van der Waals surface area (Å²) in [5, 5.41) is 35.1. The van der Waals surface area contributed by atoms with Gasteiger partial charge >= 0.3 is 23.9 Å². The fourth-order valence-corrected chi connectivity index (χ4v) is 5.22. The fraction of sp³-hybridized carbons (Fsp3) is 0.273. The molecule has 0 saturated heterocycles. The Bertz CT molecular complexity index is 2060. The molecule has 4 aromatic carbocycles. The van der Waals surface area contributed by atoms with Gasteiger partial charge < -0.3 is 39.4 Å². The van der Waals surface area contributed by atoms with Crippen molar-refractivity contribution in [1.29, 1.82) is 0 Å². The summed E-state index contributed by atoms with van der Waals surface area (Å²) < 4.78 is 70.0. The van der Waals surface area contributed by atoms with Crippen LogP contribution in [0.5, 0.6) is 0 Å². The zero-order valence-electron chi connectivity index (χ0n) is 34.2. The van der Waals surface area contributed by atoms with E-state index in [-0.39, 0.29) is 138 Å². The molecule has 4 aliphatic rings. The van der Waals surface area contributed by atoms with Crippen molar-refractivity contribution >= 4 is 47.5 Å². The smallest absolute Gasteiger partial charge is 0.331 e. The molecule has 16 nitrogen and oxygen atoms in total. The monoisotopic (exact) mass is 1100 g/mol. The van der Waals surface area contributed by atoms with Crippen molar-refractivity contribution in [1.82, 2.24) is 0 Å². The van der Waals surface area contributed by atoms with Crippen LogP contribution in [0.4, 0.5) is 17.6 Å². The summed E-state index contributed by atoms with van der Waals surface area (Å²) in [6.07, 6.45) is 0.953. The summed E-state index contributed by atoms with van der Waals surface area (Å²) in [5.74, 6) is -3.30. The summed E-state index contributed by atoms with van der Waals surface area (Å²) in [7, 11) is 0. The third kappa shape index (κ3) is 17.9. The van der Waals surface area contributed by atoms with E-state index in [4.69, 9.17) is 39.4 Å².